The normalized spacial score (nSPS) is 10.6. The van der Waals surface area contributed by atoms with E-state index in [-0.39, 0.29) is 6.04 Å². The molecule has 0 fully saturated rings. The highest BCUT2D eigenvalue weighted by atomic mass is 14.8. The van der Waals surface area contributed by atoms with Crippen LogP contribution in [0.4, 0.5) is 0 Å². The summed E-state index contributed by atoms with van der Waals surface area (Å²) >= 11 is 0. The monoisotopic (exact) mass is 266 g/mol. The van der Waals surface area contributed by atoms with Crippen LogP contribution < -0.4 is 0 Å². The van der Waals surface area contributed by atoms with Gasteiger partial charge in [-0.2, -0.15) is 0 Å². The molecule has 0 heterocycles. The molecule has 0 unspecified atom stereocenters. The summed E-state index contributed by atoms with van der Waals surface area (Å²) in [7, 11) is 1.67. The van der Waals surface area contributed by atoms with Crippen molar-refractivity contribution in [3.8, 4) is 0 Å². The first kappa shape index (κ1) is 15.9. The molecule has 20 heavy (non-hydrogen) atoms. The van der Waals surface area contributed by atoms with E-state index in [1.807, 2.05) is 43.3 Å². The van der Waals surface area contributed by atoms with Crippen LogP contribution in [0.2, 0.25) is 0 Å². The average molecular weight is 266 g/mol. The van der Waals surface area contributed by atoms with E-state index in [9.17, 15) is 0 Å². The molecule has 0 saturated heterocycles. The first-order chi connectivity index (χ1) is 9.77. The molecule has 0 aliphatic heterocycles. The number of hydrogen-bond donors (Lipinski definition) is 0. The maximum Gasteiger partial charge on any atom is 0.0895 e. The molecule has 2 rings (SSSR count). The molecule has 0 spiro atoms. The Hall–Kier alpha value is -2.18. The summed E-state index contributed by atoms with van der Waals surface area (Å²) in [6.45, 7) is 4.18. The van der Waals surface area contributed by atoms with Gasteiger partial charge in [0, 0.05) is 7.05 Å². The van der Waals surface area contributed by atoms with Gasteiger partial charge in [0.05, 0.1) is 12.1 Å². The molecule has 0 aliphatic rings. The zero-order valence-electron chi connectivity index (χ0n) is 12.5. The van der Waals surface area contributed by atoms with Crippen LogP contribution in [0.25, 0.3) is 0 Å². The third kappa shape index (κ3) is 6.12. The van der Waals surface area contributed by atoms with Crippen LogP contribution >= 0.6 is 0 Å². The SMILES string of the molecule is CCc1ccccc1.CN=C=N[C@@H](C)c1ccccc1. The third-order valence-corrected chi connectivity index (χ3v) is 2.88. The zero-order chi connectivity index (χ0) is 14.6. The van der Waals surface area contributed by atoms with Gasteiger partial charge in [0.2, 0.25) is 0 Å². The number of hydrogen-bond acceptors (Lipinski definition) is 2. The molecule has 0 aromatic heterocycles. The van der Waals surface area contributed by atoms with Crippen molar-refractivity contribution >= 4 is 6.01 Å². The standard InChI is InChI=1S/C10H12N2.C8H10/c1-9(12-8-11-2)10-6-4-3-5-7-10;1-2-8-6-4-3-5-7-8/h3-7,9H,1-2H3;3-7H,2H2,1H3/t9-;/m0./s1. The second-order valence-electron chi connectivity index (χ2n) is 4.38. The zero-order valence-corrected chi connectivity index (χ0v) is 12.5. The topological polar surface area (TPSA) is 24.7 Å². The summed E-state index contributed by atoms with van der Waals surface area (Å²) in [5.74, 6) is 0. The van der Waals surface area contributed by atoms with Crippen molar-refractivity contribution in [2.45, 2.75) is 26.3 Å². The lowest BCUT2D eigenvalue weighted by atomic mass is 10.1. The largest absolute Gasteiger partial charge is 0.229 e. The van der Waals surface area contributed by atoms with E-state index in [1.54, 1.807) is 7.05 Å². The van der Waals surface area contributed by atoms with Crippen LogP contribution in [-0.2, 0) is 6.42 Å². The van der Waals surface area contributed by atoms with E-state index >= 15 is 0 Å². The first-order valence-electron chi connectivity index (χ1n) is 6.90. The molecule has 0 radical (unpaired) electrons. The summed E-state index contributed by atoms with van der Waals surface area (Å²) < 4.78 is 0. The maximum absolute atomic E-state index is 4.10. The molecule has 2 nitrogen and oxygen atoms in total. The van der Waals surface area contributed by atoms with E-state index in [2.05, 4.69) is 47.2 Å². The second-order valence-corrected chi connectivity index (χ2v) is 4.38. The summed E-state index contributed by atoms with van der Waals surface area (Å²) in [6, 6.07) is 23.3. The minimum Gasteiger partial charge on any atom is -0.229 e. The molecule has 2 heteroatoms. The van der Waals surface area contributed by atoms with E-state index in [0.29, 0.717) is 0 Å². The Morgan fingerprint density at radius 2 is 1.50 bits per heavy atom. The van der Waals surface area contributed by atoms with Crippen LogP contribution in [0.5, 0.6) is 0 Å². The van der Waals surface area contributed by atoms with Gasteiger partial charge in [-0.25, -0.2) is 9.98 Å². The molecule has 104 valence electrons. The Balaban J connectivity index is 0.000000217. The number of rotatable bonds is 3. The van der Waals surface area contributed by atoms with Crippen molar-refractivity contribution in [2.24, 2.45) is 9.98 Å². The summed E-state index contributed by atoms with van der Waals surface area (Å²) in [5, 5.41) is 0. The summed E-state index contributed by atoms with van der Waals surface area (Å²) in [5.41, 5.74) is 2.60. The van der Waals surface area contributed by atoms with Gasteiger partial charge in [-0.3, -0.25) is 0 Å². The highest BCUT2D eigenvalue weighted by Gasteiger charge is 1.99. The molecule has 0 aliphatic carbocycles. The van der Waals surface area contributed by atoms with Gasteiger partial charge >= 0.3 is 0 Å². The third-order valence-electron chi connectivity index (χ3n) is 2.88. The molecule has 2 aromatic rings. The van der Waals surface area contributed by atoms with Crippen LogP contribution in [0, 0.1) is 0 Å². The van der Waals surface area contributed by atoms with Gasteiger partial charge in [0.25, 0.3) is 0 Å². The van der Waals surface area contributed by atoms with E-state index in [1.165, 1.54) is 11.1 Å². The fourth-order valence-electron chi connectivity index (χ4n) is 1.66. The Labute approximate surface area is 121 Å². The second kappa shape index (κ2) is 9.71. The number of aryl methyl sites for hydroxylation is 1. The Morgan fingerprint density at radius 1 is 0.950 bits per heavy atom. The molecular weight excluding hydrogens is 244 g/mol. The lowest BCUT2D eigenvalue weighted by Gasteiger charge is -2.02. The Kier molecular flexibility index (Phi) is 7.71. The van der Waals surface area contributed by atoms with Crippen molar-refractivity contribution in [1.29, 1.82) is 0 Å². The summed E-state index contributed by atoms with van der Waals surface area (Å²) in [6.07, 6.45) is 1.14. The number of nitrogens with zero attached hydrogens (tertiary/aromatic N) is 2. The molecule has 0 N–H and O–H groups in total. The van der Waals surface area contributed by atoms with Gasteiger partial charge in [-0.05, 0) is 24.5 Å². The molecule has 1 atom stereocenters. The highest BCUT2D eigenvalue weighted by molar-refractivity contribution is 5.42. The lowest BCUT2D eigenvalue weighted by Crippen LogP contribution is -1.87. The predicted octanol–water partition coefficient (Wildman–Crippen LogP) is 4.80. The van der Waals surface area contributed by atoms with Crippen molar-refractivity contribution in [3.05, 3.63) is 71.8 Å². The van der Waals surface area contributed by atoms with E-state index in [4.69, 9.17) is 0 Å². The van der Waals surface area contributed by atoms with Crippen LogP contribution in [-0.4, -0.2) is 13.1 Å². The highest BCUT2D eigenvalue weighted by Crippen LogP contribution is 2.14. The van der Waals surface area contributed by atoms with E-state index < -0.39 is 0 Å². The van der Waals surface area contributed by atoms with E-state index in [0.717, 1.165) is 6.42 Å². The van der Waals surface area contributed by atoms with Gasteiger partial charge < -0.3 is 0 Å². The predicted molar refractivity (Wildman–Crippen MR) is 86.5 cm³/mol. The minimum absolute atomic E-state index is 0.148. The van der Waals surface area contributed by atoms with Gasteiger partial charge in [-0.1, -0.05) is 67.6 Å². The van der Waals surface area contributed by atoms with Crippen molar-refractivity contribution in [2.75, 3.05) is 7.05 Å². The molecule has 0 saturated carbocycles. The molecule has 0 bridgehead atoms. The number of aliphatic imine (C=N–C) groups is 2. The van der Waals surface area contributed by atoms with Crippen molar-refractivity contribution in [3.63, 3.8) is 0 Å². The lowest BCUT2D eigenvalue weighted by molar-refractivity contribution is 0.825. The first-order valence-corrected chi connectivity index (χ1v) is 6.90. The Bertz CT molecular complexity index is 526. The van der Waals surface area contributed by atoms with Gasteiger partial charge in [0.1, 0.15) is 0 Å². The number of benzene rings is 2. The quantitative estimate of drug-likeness (QED) is 0.713. The van der Waals surface area contributed by atoms with Crippen LogP contribution in [0.1, 0.15) is 31.0 Å². The Morgan fingerprint density at radius 3 is 1.95 bits per heavy atom. The van der Waals surface area contributed by atoms with Crippen LogP contribution in [0.3, 0.4) is 0 Å². The minimum atomic E-state index is 0.148. The van der Waals surface area contributed by atoms with Crippen LogP contribution in [0.15, 0.2) is 70.6 Å². The fourth-order valence-corrected chi connectivity index (χ4v) is 1.66. The van der Waals surface area contributed by atoms with Crippen molar-refractivity contribution < 1.29 is 0 Å². The fraction of sp³-hybridized carbons (Fsp3) is 0.278. The average Bonchev–Trinajstić information content (AvgIpc) is 2.54. The summed E-state index contributed by atoms with van der Waals surface area (Å²) in [4.78, 5) is 7.78. The van der Waals surface area contributed by atoms with Gasteiger partial charge in [0.15, 0.2) is 0 Å². The molecule has 2 aromatic carbocycles. The van der Waals surface area contributed by atoms with Crippen molar-refractivity contribution in [1.82, 2.24) is 0 Å². The van der Waals surface area contributed by atoms with Gasteiger partial charge in [-0.15, -0.1) is 0 Å². The maximum atomic E-state index is 4.10. The molecular formula is C18H22N2. The molecule has 0 amide bonds. The smallest absolute Gasteiger partial charge is 0.0895 e.